The number of carbonyl (C=O) groups excluding carboxylic acids is 1. The van der Waals surface area contributed by atoms with Gasteiger partial charge in [-0.2, -0.15) is 10.2 Å². The summed E-state index contributed by atoms with van der Waals surface area (Å²) in [6.07, 6.45) is 0. The zero-order valence-corrected chi connectivity index (χ0v) is 22.0. The van der Waals surface area contributed by atoms with Crippen molar-refractivity contribution in [2.45, 2.75) is 6.54 Å². The van der Waals surface area contributed by atoms with Gasteiger partial charge in [0.05, 0.1) is 33.4 Å². The number of nitriles is 1. The summed E-state index contributed by atoms with van der Waals surface area (Å²) >= 11 is 0. The second-order valence-electron chi connectivity index (χ2n) is 8.79. The summed E-state index contributed by atoms with van der Waals surface area (Å²) in [5.41, 5.74) is 3.31. The minimum absolute atomic E-state index is 0.0562. The second-order valence-corrected chi connectivity index (χ2v) is 8.79. The lowest BCUT2D eigenvalue weighted by Crippen LogP contribution is -2.31. The topological polar surface area (TPSA) is 97.8 Å². The fourth-order valence-corrected chi connectivity index (χ4v) is 4.29. The summed E-state index contributed by atoms with van der Waals surface area (Å²) in [4.78, 5) is 19.9. The van der Waals surface area contributed by atoms with Gasteiger partial charge in [-0.15, -0.1) is 0 Å². The van der Waals surface area contributed by atoms with Crippen LogP contribution in [0.5, 0.6) is 17.2 Å². The zero-order chi connectivity index (χ0) is 28.2. The molecule has 0 aliphatic rings. The lowest BCUT2D eigenvalue weighted by molar-refractivity contribution is 0.0979. The SMILES string of the molecule is COc1cccc(C(=O)N(Cc2ccc(OC)cc2OC)c2nc3ccc(-c4ccc(F)c(C#N)c4)cc3o2)c1. The quantitative estimate of drug-likeness (QED) is 0.227. The van der Waals surface area contributed by atoms with Crippen LogP contribution in [0.15, 0.2) is 83.3 Å². The van der Waals surface area contributed by atoms with Crippen molar-refractivity contribution in [3.8, 4) is 34.4 Å². The van der Waals surface area contributed by atoms with Crippen LogP contribution in [0.1, 0.15) is 21.5 Å². The molecule has 0 saturated heterocycles. The summed E-state index contributed by atoms with van der Waals surface area (Å²) < 4.78 is 36.2. The van der Waals surface area contributed by atoms with Gasteiger partial charge >= 0.3 is 6.01 Å². The molecule has 0 fully saturated rings. The molecule has 1 amide bonds. The smallest absolute Gasteiger partial charge is 0.305 e. The molecule has 40 heavy (non-hydrogen) atoms. The average molecular weight is 538 g/mol. The fourth-order valence-electron chi connectivity index (χ4n) is 4.29. The minimum atomic E-state index is -0.588. The van der Waals surface area contributed by atoms with Crippen molar-refractivity contribution in [1.82, 2.24) is 4.98 Å². The molecule has 1 heterocycles. The second kappa shape index (κ2) is 11.2. The molecule has 0 N–H and O–H groups in total. The van der Waals surface area contributed by atoms with Crippen molar-refractivity contribution in [3.05, 3.63) is 101 Å². The molecule has 0 aliphatic carbocycles. The Bertz CT molecular complexity index is 1760. The maximum Gasteiger partial charge on any atom is 0.305 e. The number of halogens is 1. The van der Waals surface area contributed by atoms with Crippen LogP contribution < -0.4 is 19.1 Å². The number of methoxy groups -OCH3 is 3. The largest absolute Gasteiger partial charge is 0.497 e. The first kappa shape index (κ1) is 26.3. The van der Waals surface area contributed by atoms with Crippen LogP contribution >= 0.6 is 0 Å². The standard InChI is InChI=1S/C31H24FN3O5/c1-37-24-6-4-5-21(14-24)30(36)35(18-22-7-10-25(38-2)16-28(22)39-3)31-34-27-12-9-20(15-29(27)40-31)19-8-11-26(32)23(13-19)17-33/h4-16H,18H2,1-3H3. The number of carbonyl (C=O) groups is 1. The Kier molecular flexibility index (Phi) is 7.33. The lowest BCUT2D eigenvalue weighted by atomic mass is 10.0. The number of hydrogen-bond donors (Lipinski definition) is 0. The van der Waals surface area contributed by atoms with Gasteiger partial charge in [0.15, 0.2) is 5.58 Å². The van der Waals surface area contributed by atoms with Gasteiger partial charge in [0.2, 0.25) is 0 Å². The van der Waals surface area contributed by atoms with E-state index in [1.54, 1.807) is 74.9 Å². The van der Waals surface area contributed by atoms with E-state index in [0.717, 1.165) is 0 Å². The third-order valence-electron chi connectivity index (χ3n) is 6.41. The number of amides is 1. The van der Waals surface area contributed by atoms with Gasteiger partial charge in [0.1, 0.15) is 34.7 Å². The van der Waals surface area contributed by atoms with Crippen LogP contribution in [0.2, 0.25) is 0 Å². The fraction of sp³-hybridized carbons (Fsp3) is 0.129. The summed E-state index contributed by atoms with van der Waals surface area (Å²) in [6.45, 7) is 0.0897. The first-order valence-electron chi connectivity index (χ1n) is 12.2. The Balaban J connectivity index is 1.58. The van der Waals surface area contributed by atoms with E-state index in [2.05, 4.69) is 4.98 Å². The van der Waals surface area contributed by atoms with Gasteiger partial charge < -0.3 is 18.6 Å². The maximum atomic E-state index is 13.9. The molecular weight excluding hydrogens is 513 g/mol. The molecule has 0 bridgehead atoms. The highest BCUT2D eigenvalue weighted by Gasteiger charge is 2.25. The Morgan fingerprint density at radius 2 is 1.68 bits per heavy atom. The van der Waals surface area contributed by atoms with Crippen LogP contribution in [0.25, 0.3) is 22.2 Å². The van der Waals surface area contributed by atoms with Gasteiger partial charge in [-0.05, 0) is 65.7 Å². The molecule has 0 unspecified atom stereocenters. The number of fused-ring (bicyclic) bond motifs is 1. The molecule has 0 spiro atoms. The van der Waals surface area contributed by atoms with E-state index in [-0.39, 0.29) is 24.0 Å². The predicted octanol–water partition coefficient (Wildman–Crippen LogP) is 6.38. The van der Waals surface area contributed by atoms with E-state index < -0.39 is 5.82 Å². The van der Waals surface area contributed by atoms with Crippen molar-refractivity contribution < 1.29 is 27.8 Å². The van der Waals surface area contributed by atoms with E-state index in [0.29, 0.717) is 50.6 Å². The number of hydrogen-bond acceptors (Lipinski definition) is 7. The Labute approximate surface area is 229 Å². The van der Waals surface area contributed by atoms with Gasteiger partial charge in [0, 0.05) is 17.2 Å². The zero-order valence-electron chi connectivity index (χ0n) is 22.0. The summed E-state index contributed by atoms with van der Waals surface area (Å²) in [6, 6.07) is 23.7. The summed E-state index contributed by atoms with van der Waals surface area (Å²) in [7, 11) is 4.63. The molecule has 9 heteroatoms. The number of anilines is 1. The number of nitrogens with zero attached hydrogens (tertiary/aromatic N) is 3. The van der Waals surface area contributed by atoms with E-state index in [9.17, 15) is 14.4 Å². The molecule has 5 rings (SSSR count). The normalized spacial score (nSPS) is 10.7. The highest BCUT2D eigenvalue weighted by molar-refractivity contribution is 6.05. The molecule has 0 radical (unpaired) electrons. The van der Waals surface area contributed by atoms with E-state index >= 15 is 0 Å². The highest BCUT2D eigenvalue weighted by atomic mass is 19.1. The molecule has 0 atom stereocenters. The van der Waals surface area contributed by atoms with Crippen LogP contribution in [-0.4, -0.2) is 32.2 Å². The molecule has 8 nitrogen and oxygen atoms in total. The van der Waals surface area contributed by atoms with Crippen LogP contribution in [0, 0.1) is 17.1 Å². The third kappa shape index (κ3) is 5.15. The lowest BCUT2D eigenvalue weighted by Gasteiger charge is -2.21. The summed E-state index contributed by atoms with van der Waals surface area (Å²) in [5.74, 6) is 0.730. The number of aromatic nitrogens is 1. The molecule has 0 aliphatic heterocycles. The summed E-state index contributed by atoms with van der Waals surface area (Å²) in [5, 5.41) is 9.21. The number of benzene rings is 4. The molecule has 1 aromatic heterocycles. The molecule has 4 aromatic carbocycles. The van der Waals surface area contributed by atoms with Crippen molar-refractivity contribution in [1.29, 1.82) is 5.26 Å². The molecule has 200 valence electrons. The number of ether oxygens (including phenoxy) is 3. The van der Waals surface area contributed by atoms with Crippen LogP contribution in [0.4, 0.5) is 10.4 Å². The Morgan fingerprint density at radius 3 is 2.42 bits per heavy atom. The van der Waals surface area contributed by atoms with Crippen molar-refractivity contribution >= 4 is 23.0 Å². The van der Waals surface area contributed by atoms with Crippen LogP contribution in [0.3, 0.4) is 0 Å². The first-order chi connectivity index (χ1) is 19.4. The van der Waals surface area contributed by atoms with Gasteiger partial charge in [-0.3, -0.25) is 9.69 Å². The highest BCUT2D eigenvalue weighted by Crippen LogP contribution is 2.32. The average Bonchev–Trinajstić information content (AvgIpc) is 3.43. The van der Waals surface area contributed by atoms with E-state index in [1.807, 2.05) is 12.1 Å². The third-order valence-corrected chi connectivity index (χ3v) is 6.41. The monoisotopic (exact) mass is 537 g/mol. The Morgan fingerprint density at radius 1 is 0.925 bits per heavy atom. The van der Waals surface area contributed by atoms with E-state index in [1.165, 1.54) is 24.1 Å². The molecule has 0 saturated carbocycles. The maximum absolute atomic E-state index is 13.9. The predicted molar refractivity (Wildman–Crippen MR) is 147 cm³/mol. The molecule has 5 aromatic rings. The van der Waals surface area contributed by atoms with E-state index in [4.69, 9.17) is 18.6 Å². The number of oxazole rings is 1. The molecular formula is C31H24FN3O5. The minimum Gasteiger partial charge on any atom is -0.497 e. The first-order valence-corrected chi connectivity index (χ1v) is 12.2. The van der Waals surface area contributed by atoms with Crippen LogP contribution in [-0.2, 0) is 6.54 Å². The Hall–Kier alpha value is -5.36. The van der Waals surface area contributed by atoms with Crippen molar-refractivity contribution in [3.63, 3.8) is 0 Å². The van der Waals surface area contributed by atoms with Gasteiger partial charge in [-0.25, -0.2) is 4.39 Å². The number of rotatable bonds is 8. The van der Waals surface area contributed by atoms with Gasteiger partial charge in [-0.1, -0.05) is 18.2 Å². The van der Waals surface area contributed by atoms with Crippen molar-refractivity contribution in [2.75, 3.05) is 26.2 Å². The van der Waals surface area contributed by atoms with Crippen molar-refractivity contribution in [2.24, 2.45) is 0 Å². The van der Waals surface area contributed by atoms with Gasteiger partial charge in [0.25, 0.3) is 5.91 Å².